The highest BCUT2D eigenvalue weighted by Crippen LogP contribution is 2.13. The van der Waals surface area contributed by atoms with Crippen LogP contribution in [0.1, 0.15) is 13.3 Å². The molecule has 0 N–H and O–H groups in total. The molecular weight excluding hydrogens is 210 g/mol. The van der Waals surface area contributed by atoms with Gasteiger partial charge in [0, 0.05) is 19.0 Å². The molecule has 0 aliphatic carbocycles. The first-order valence-corrected chi connectivity index (χ1v) is 6.40. The first-order valence-electron chi connectivity index (χ1n) is 4.25. The summed E-state index contributed by atoms with van der Waals surface area (Å²) < 4.78 is 24.5. The van der Waals surface area contributed by atoms with Gasteiger partial charge in [0.15, 0.2) is 0 Å². The van der Waals surface area contributed by atoms with Gasteiger partial charge >= 0.3 is 0 Å². The van der Waals surface area contributed by atoms with Crippen LogP contribution in [-0.4, -0.2) is 37.4 Å². The molecule has 5 heteroatoms. The van der Waals surface area contributed by atoms with E-state index in [4.69, 9.17) is 11.6 Å². The molecule has 0 aromatic rings. The monoisotopic (exact) mass is 223 g/mol. The second-order valence-corrected chi connectivity index (χ2v) is 5.63. The van der Waals surface area contributed by atoms with Gasteiger partial charge in [-0.15, -0.1) is 11.6 Å². The zero-order chi connectivity index (χ0) is 9.90. The normalized spacial score (nSPS) is 20.0. The summed E-state index contributed by atoms with van der Waals surface area (Å²) in [6, 6.07) is 0. The molecule has 1 aliphatic rings. The summed E-state index contributed by atoms with van der Waals surface area (Å²) in [5.74, 6) is 0.211. The molecule has 0 bridgehead atoms. The van der Waals surface area contributed by atoms with Crippen LogP contribution in [0.4, 0.5) is 0 Å². The van der Waals surface area contributed by atoms with Crippen LogP contribution in [0.25, 0.3) is 0 Å². The average molecular weight is 224 g/mol. The van der Waals surface area contributed by atoms with Gasteiger partial charge in [0.2, 0.25) is 10.0 Å². The summed E-state index contributed by atoms with van der Waals surface area (Å²) in [7, 11) is -3.10. The van der Waals surface area contributed by atoms with Crippen molar-refractivity contribution in [3.05, 3.63) is 11.6 Å². The Morgan fingerprint density at radius 1 is 1.62 bits per heavy atom. The number of hydrogen-bond donors (Lipinski definition) is 0. The Labute approximate surface area is 84.4 Å². The van der Waals surface area contributed by atoms with E-state index in [2.05, 4.69) is 0 Å². The minimum absolute atomic E-state index is 0.0431. The fourth-order valence-electron chi connectivity index (χ4n) is 1.23. The average Bonchev–Trinajstić information content (AvgIpc) is 2.05. The zero-order valence-electron chi connectivity index (χ0n) is 7.66. The van der Waals surface area contributed by atoms with Gasteiger partial charge in [0.05, 0.1) is 5.75 Å². The molecule has 76 valence electrons. The lowest BCUT2D eigenvalue weighted by Gasteiger charge is -2.24. The van der Waals surface area contributed by atoms with Crippen LogP contribution in [-0.2, 0) is 10.0 Å². The van der Waals surface area contributed by atoms with Crippen LogP contribution in [0.2, 0.25) is 0 Å². The van der Waals surface area contributed by atoms with E-state index in [1.807, 2.05) is 13.0 Å². The first kappa shape index (κ1) is 11.0. The number of nitrogens with zero attached hydrogens (tertiary/aromatic N) is 1. The second-order valence-electron chi connectivity index (χ2n) is 3.16. The van der Waals surface area contributed by atoms with Gasteiger partial charge in [-0.3, -0.25) is 0 Å². The van der Waals surface area contributed by atoms with Crippen molar-refractivity contribution in [2.75, 3.05) is 24.7 Å². The highest BCUT2D eigenvalue weighted by atomic mass is 35.5. The van der Waals surface area contributed by atoms with E-state index in [9.17, 15) is 8.42 Å². The fourth-order valence-corrected chi connectivity index (χ4v) is 2.94. The van der Waals surface area contributed by atoms with Crippen molar-refractivity contribution in [2.24, 2.45) is 0 Å². The molecule has 0 fully saturated rings. The lowest BCUT2D eigenvalue weighted by Crippen LogP contribution is -2.36. The number of alkyl halides is 1. The lowest BCUT2D eigenvalue weighted by atomic mass is 10.1. The van der Waals surface area contributed by atoms with Crippen molar-refractivity contribution < 1.29 is 8.42 Å². The van der Waals surface area contributed by atoms with Gasteiger partial charge in [0.25, 0.3) is 0 Å². The van der Waals surface area contributed by atoms with Crippen LogP contribution in [0.3, 0.4) is 0 Å². The lowest BCUT2D eigenvalue weighted by molar-refractivity contribution is 0.432. The summed E-state index contributed by atoms with van der Waals surface area (Å²) in [5.41, 5.74) is 1.26. The van der Waals surface area contributed by atoms with E-state index >= 15 is 0 Å². The van der Waals surface area contributed by atoms with Gasteiger partial charge in [0.1, 0.15) is 0 Å². The molecule has 0 saturated carbocycles. The molecule has 1 heterocycles. The molecule has 13 heavy (non-hydrogen) atoms. The fraction of sp³-hybridized carbons (Fsp3) is 0.750. The van der Waals surface area contributed by atoms with E-state index in [0.717, 1.165) is 6.42 Å². The van der Waals surface area contributed by atoms with Gasteiger partial charge in [-0.25, -0.2) is 8.42 Å². The Morgan fingerprint density at radius 2 is 2.31 bits per heavy atom. The van der Waals surface area contributed by atoms with Crippen LogP contribution in [0.15, 0.2) is 11.6 Å². The maximum Gasteiger partial charge on any atom is 0.215 e. The summed E-state index contributed by atoms with van der Waals surface area (Å²) in [4.78, 5) is 0. The van der Waals surface area contributed by atoms with Crippen molar-refractivity contribution in [1.82, 2.24) is 4.31 Å². The minimum atomic E-state index is -3.10. The van der Waals surface area contributed by atoms with Gasteiger partial charge in [-0.2, -0.15) is 4.31 Å². The van der Waals surface area contributed by atoms with Crippen LogP contribution < -0.4 is 0 Å². The van der Waals surface area contributed by atoms with E-state index in [0.29, 0.717) is 13.1 Å². The quantitative estimate of drug-likeness (QED) is 0.533. The molecular formula is C8H14ClNO2S. The van der Waals surface area contributed by atoms with Crippen LogP contribution in [0, 0.1) is 0 Å². The second kappa shape index (κ2) is 4.44. The number of rotatable bonds is 3. The Bertz CT molecular complexity index is 297. The van der Waals surface area contributed by atoms with Crippen molar-refractivity contribution >= 4 is 21.6 Å². The van der Waals surface area contributed by atoms with E-state index in [-0.39, 0.29) is 11.6 Å². The van der Waals surface area contributed by atoms with Crippen LogP contribution in [0.5, 0.6) is 0 Å². The zero-order valence-corrected chi connectivity index (χ0v) is 9.24. The van der Waals surface area contributed by atoms with E-state index in [1.54, 1.807) is 0 Å². The van der Waals surface area contributed by atoms with E-state index in [1.165, 1.54) is 9.88 Å². The summed E-state index contributed by atoms with van der Waals surface area (Å²) in [6.45, 7) is 3.12. The van der Waals surface area contributed by atoms with Crippen molar-refractivity contribution in [3.63, 3.8) is 0 Å². The number of hydrogen-bond acceptors (Lipinski definition) is 2. The van der Waals surface area contributed by atoms with E-state index < -0.39 is 10.0 Å². The molecule has 1 aliphatic heterocycles. The Morgan fingerprint density at radius 3 is 2.77 bits per heavy atom. The summed E-state index contributed by atoms with van der Waals surface area (Å²) >= 11 is 5.41. The highest BCUT2D eigenvalue weighted by molar-refractivity contribution is 7.89. The standard InChI is InChI=1S/C8H14ClNO2S/c1-8-2-5-10(6-3-8)13(11,12)7-4-9/h2H,3-7H2,1H3. The van der Waals surface area contributed by atoms with Crippen LogP contribution >= 0.6 is 11.6 Å². The molecule has 0 radical (unpaired) electrons. The number of sulfonamides is 1. The third-order valence-corrected chi connectivity index (χ3v) is 4.38. The van der Waals surface area contributed by atoms with Gasteiger partial charge < -0.3 is 0 Å². The third-order valence-electron chi connectivity index (χ3n) is 2.13. The van der Waals surface area contributed by atoms with Crippen molar-refractivity contribution in [1.29, 1.82) is 0 Å². The molecule has 0 atom stereocenters. The topological polar surface area (TPSA) is 37.4 Å². The number of halogens is 1. The van der Waals surface area contributed by atoms with Crippen molar-refractivity contribution in [2.45, 2.75) is 13.3 Å². The van der Waals surface area contributed by atoms with Gasteiger partial charge in [-0.1, -0.05) is 11.6 Å². The molecule has 0 aromatic carbocycles. The smallest absolute Gasteiger partial charge is 0.212 e. The Hall–Kier alpha value is -0.0600. The molecule has 1 rings (SSSR count). The molecule has 0 saturated heterocycles. The molecule has 0 unspecified atom stereocenters. The Kier molecular flexibility index (Phi) is 3.76. The first-order chi connectivity index (χ1) is 6.06. The van der Waals surface area contributed by atoms with Crippen molar-refractivity contribution in [3.8, 4) is 0 Å². The summed E-state index contributed by atoms with van der Waals surface area (Å²) in [5, 5.41) is 0. The predicted octanol–water partition coefficient (Wildman–Crippen LogP) is 1.21. The largest absolute Gasteiger partial charge is 0.215 e. The maximum atomic E-state index is 11.5. The SMILES string of the molecule is CC1=CCN(S(=O)(=O)CCCl)CC1. The third kappa shape index (κ3) is 2.97. The predicted molar refractivity (Wildman–Crippen MR) is 54.5 cm³/mol. The molecule has 0 amide bonds. The highest BCUT2D eigenvalue weighted by Gasteiger charge is 2.22. The molecule has 0 spiro atoms. The molecule has 0 aromatic heterocycles. The maximum absolute atomic E-state index is 11.5. The minimum Gasteiger partial charge on any atom is -0.212 e. The summed E-state index contributed by atoms with van der Waals surface area (Å²) in [6.07, 6.45) is 2.79. The molecule has 3 nitrogen and oxygen atoms in total. The van der Waals surface area contributed by atoms with Gasteiger partial charge in [-0.05, 0) is 13.3 Å². The Balaban J connectivity index is 2.64.